The summed E-state index contributed by atoms with van der Waals surface area (Å²) >= 11 is 6.13. The van der Waals surface area contributed by atoms with Crippen LogP contribution in [0, 0.1) is 0 Å². The summed E-state index contributed by atoms with van der Waals surface area (Å²) in [4.78, 5) is 23.6. The summed E-state index contributed by atoms with van der Waals surface area (Å²) in [5, 5.41) is 3.19. The van der Waals surface area contributed by atoms with E-state index in [0.29, 0.717) is 10.6 Å². The van der Waals surface area contributed by atoms with Gasteiger partial charge in [0.25, 0.3) is 5.91 Å². The van der Waals surface area contributed by atoms with Gasteiger partial charge in [-0.1, -0.05) is 29.8 Å². The molecule has 6 heteroatoms. The summed E-state index contributed by atoms with van der Waals surface area (Å²) < 4.78 is 9.69. The quantitative estimate of drug-likeness (QED) is 0.862. The second-order valence-electron chi connectivity index (χ2n) is 4.31. The van der Waals surface area contributed by atoms with E-state index in [0.717, 1.165) is 0 Å². The Labute approximate surface area is 126 Å². The van der Waals surface area contributed by atoms with E-state index >= 15 is 0 Å². The zero-order valence-electron chi connectivity index (χ0n) is 11.3. The maximum atomic E-state index is 12.1. The fraction of sp³-hybridized carbons (Fsp3) is 0.200. The molecule has 110 valence electrons. The smallest absolute Gasteiger partial charge is 0.307 e. The van der Waals surface area contributed by atoms with E-state index in [2.05, 4.69) is 10.1 Å². The Balaban J connectivity index is 2.22. The van der Waals surface area contributed by atoms with Crippen LogP contribution in [0.4, 0.5) is 0 Å². The van der Waals surface area contributed by atoms with Gasteiger partial charge in [0.2, 0.25) is 0 Å². The molecule has 1 amide bonds. The Kier molecular flexibility index (Phi) is 5.00. The maximum absolute atomic E-state index is 12.1. The molecule has 0 bridgehead atoms. The summed E-state index contributed by atoms with van der Waals surface area (Å²) in [6.07, 6.45) is 1.38. The molecule has 2 rings (SSSR count). The predicted octanol–water partition coefficient (Wildman–Crippen LogP) is 2.97. The second kappa shape index (κ2) is 6.95. The number of benzene rings is 1. The molecule has 1 unspecified atom stereocenters. The fourth-order valence-corrected chi connectivity index (χ4v) is 2.15. The van der Waals surface area contributed by atoms with Crippen molar-refractivity contribution in [1.29, 1.82) is 0 Å². The van der Waals surface area contributed by atoms with Gasteiger partial charge in [0, 0.05) is 5.02 Å². The predicted molar refractivity (Wildman–Crippen MR) is 77.0 cm³/mol. The minimum absolute atomic E-state index is 0.0211. The van der Waals surface area contributed by atoms with Crippen LogP contribution in [0.25, 0.3) is 0 Å². The molecule has 0 fully saturated rings. The Morgan fingerprint density at radius 2 is 2.05 bits per heavy atom. The van der Waals surface area contributed by atoms with Crippen LogP contribution >= 0.6 is 11.6 Å². The maximum Gasteiger partial charge on any atom is 0.307 e. The minimum Gasteiger partial charge on any atom is -0.469 e. The second-order valence-corrected chi connectivity index (χ2v) is 4.71. The number of amides is 1. The van der Waals surface area contributed by atoms with E-state index in [1.54, 1.807) is 30.3 Å². The van der Waals surface area contributed by atoms with Crippen molar-refractivity contribution in [2.75, 3.05) is 7.11 Å². The van der Waals surface area contributed by atoms with Crippen molar-refractivity contribution >= 4 is 23.5 Å². The van der Waals surface area contributed by atoms with Gasteiger partial charge < -0.3 is 14.5 Å². The molecule has 5 nitrogen and oxygen atoms in total. The van der Waals surface area contributed by atoms with Crippen LogP contribution in [-0.2, 0) is 9.53 Å². The van der Waals surface area contributed by atoms with Crippen molar-refractivity contribution in [3.63, 3.8) is 0 Å². The lowest BCUT2D eigenvalue weighted by atomic mass is 10.0. The van der Waals surface area contributed by atoms with Gasteiger partial charge in [-0.2, -0.15) is 0 Å². The summed E-state index contributed by atoms with van der Waals surface area (Å²) in [6.45, 7) is 0. The summed E-state index contributed by atoms with van der Waals surface area (Å²) in [5.41, 5.74) is 0.643. The van der Waals surface area contributed by atoms with Crippen molar-refractivity contribution in [2.24, 2.45) is 0 Å². The van der Waals surface area contributed by atoms with Gasteiger partial charge in [-0.3, -0.25) is 9.59 Å². The number of methoxy groups -OCH3 is 1. The normalized spacial score (nSPS) is 11.7. The molecule has 0 saturated carbocycles. The van der Waals surface area contributed by atoms with Gasteiger partial charge in [0.1, 0.15) is 0 Å². The first-order valence-corrected chi connectivity index (χ1v) is 6.65. The van der Waals surface area contributed by atoms with Crippen LogP contribution in [-0.4, -0.2) is 19.0 Å². The van der Waals surface area contributed by atoms with Crippen molar-refractivity contribution in [3.05, 3.63) is 59.0 Å². The van der Waals surface area contributed by atoms with E-state index in [4.69, 9.17) is 16.0 Å². The SMILES string of the molecule is COC(=O)CC(NC(=O)c1ccco1)c1ccccc1Cl. The zero-order valence-corrected chi connectivity index (χ0v) is 12.1. The molecule has 1 aromatic carbocycles. The van der Waals surface area contributed by atoms with Gasteiger partial charge in [-0.25, -0.2) is 0 Å². The van der Waals surface area contributed by atoms with Gasteiger partial charge in [-0.15, -0.1) is 0 Å². The molecule has 0 radical (unpaired) electrons. The summed E-state index contributed by atoms with van der Waals surface area (Å²) in [6, 6.07) is 9.55. The third kappa shape index (κ3) is 3.86. The van der Waals surface area contributed by atoms with Gasteiger partial charge in [0.05, 0.1) is 25.8 Å². The Hall–Kier alpha value is -2.27. The number of carbonyl (C=O) groups excluding carboxylic acids is 2. The van der Waals surface area contributed by atoms with Crippen LogP contribution in [0.15, 0.2) is 47.1 Å². The molecule has 2 aromatic rings. The van der Waals surface area contributed by atoms with Crippen molar-refractivity contribution in [1.82, 2.24) is 5.32 Å². The Morgan fingerprint density at radius 3 is 2.67 bits per heavy atom. The molecule has 0 aliphatic carbocycles. The van der Waals surface area contributed by atoms with Crippen LogP contribution < -0.4 is 5.32 Å². The highest BCUT2D eigenvalue weighted by Crippen LogP contribution is 2.25. The third-order valence-electron chi connectivity index (χ3n) is 2.93. The largest absolute Gasteiger partial charge is 0.469 e. The van der Waals surface area contributed by atoms with Crippen molar-refractivity contribution in [2.45, 2.75) is 12.5 Å². The highest BCUT2D eigenvalue weighted by molar-refractivity contribution is 6.31. The summed E-state index contributed by atoms with van der Waals surface area (Å²) in [7, 11) is 1.29. The molecular formula is C15H14ClNO4. The molecule has 1 heterocycles. The fourth-order valence-electron chi connectivity index (χ4n) is 1.88. The average Bonchev–Trinajstić information content (AvgIpc) is 3.01. The van der Waals surface area contributed by atoms with Gasteiger partial charge in [0.15, 0.2) is 5.76 Å². The first kappa shape index (κ1) is 15.1. The molecule has 0 aliphatic rings. The van der Waals surface area contributed by atoms with Crippen LogP contribution in [0.5, 0.6) is 0 Å². The van der Waals surface area contributed by atoms with E-state index in [1.807, 2.05) is 0 Å². The van der Waals surface area contributed by atoms with Crippen LogP contribution in [0.3, 0.4) is 0 Å². The number of carbonyl (C=O) groups is 2. The molecular weight excluding hydrogens is 294 g/mol. The van der Waals surface area contributed by atoms with E-state index < -0.39 is 17.9 Å². The van der Waals surface area contributed by atoms with E-state index in [1.165, 1.54) is 19.4 Å². The van der Waals surface area contributed by atoms with Crippen LogP contribution in [0.1, 0.15) is 28.6 Å². The molecule has 1 N–H and O–H groups in total. The topological polar surface area (TPSA) is 68.5 Å². The number of furan rings is 1. The number of esters is 1. The van der Waals surface area contributed by atoms with Gasteiger partial charge >= 0.3 is 5.97 Å². The lowest BCUT2D eigenvalue weighted by Gasteiger charge is -2.18. The first-order valence-electron chi connectivity index (χ1n) is 6.27. The molecule has 1 atom stereocenters. The Morgan fingerprint density at radius 1 is 1.29 bits per heavy atom. The highest BCUT2D eigenvalue weighted by atomic mass is 35.5. The van der Waals surface area contributed by atoms with Crippen molar-refractivity contribution < 1.29 is 18.7 Å². The number of halogens is 1. The van der Waals surface area contributed by atoms with E-state index in [9.17, 15) is 9.59 Å². The average molecular weight is 308 g/mol. The highest BCUT2D eigenvalue weighted by Gasteiger charge is 2.22. The first-order chi connectivity index (χ1) is 10.1. The molecule has 0 aliphatic heterocycles. The molecule has 0 saturated heterocycles. The monoisotopic (exact) mass is 307 g/mol. The number of nitrogens with one attached hydrogen (secondary N) is 1. The summed E-state index contributed by atoms with van der Waals surface area (Å²) in [5.74, 6) is -0.703. The number of ether oxygens (including phenoxy) is 1. The standard InChI is InChI=1S/C15H14ClNO4/c1-20-14(18)9-12(10-5-2-3-6-11(10)16)17-15(19)13-7-4-8-21-13/h2-8,12H,9H2,1H3,(H,17,19). The number of hydrogen-bond donors (Lipinski definition) is 1. The molecule has 21 heavy (non-hydrogen) atoms. The lowest BCUT2D eigenvalue weighted by molar-refractivity contribution is -0.141. The molecule has 1 aromatic heterocycles. The lowest BCUT2D eigenvalue weighted by Crippen LogP contribution is -2.30. The number of rotatable bonds is 5. The molecule has 0 spiro atoms. The van der Waals surface area contributed by atoms with Gasteiger partial charge in [-0.05, 0) is 23.8 Å². The zero-order chi connectivity index (χ0) is 15.2. The third-order valence-corrected chi connectivity index (χ3v) is 3.27. The minimum atomic E-state index is -0.594. The van der Waals surface area contributed by atoms with E-state index in [-0.39, 0.29) is 12.2 Å². The van der Waals surface area contributed by atoms with Crippen LogP contribution in [0.2, 0.25) is 5.02 Å². The van der Waals surface area contributed by atoms with Crippen molar-refractivity contribution in [3.8, 4) is 0 Å². The number of hydrogen-bond acceptors (Lipinski definition) is 4. The Bertz CT molecular complexity index is 624.